The Labute approximate surface area is 170 Å². The lowest BCUT2D eigenvalue weighted by Crippen LogP contribution is -2.41. The Hall–Kier alpha value is -3.02. The number of rotatable bonds is 4. The second-order valence-corrected chi connectivity index (χ2v) is 8.19. The first-order chi connectivity index (χ1) is 13.9. The van der Waals surface area contributed by atoms with E-state index in [4.69, 9.17) is 9.47 Å². The van der Waals surface area contributed by atoms with E-state index >= 15 is 0 Å². The van der Waals surface area contributed by atoms with E-state index in [1.807, 2.05) is 44.2 Å². The van der Waals surface area contributed by atoms with Gasteiger partial charge in [-0.25, -0.2) is 0 Å². The molecule has 1 saturated heterocycles. The Morgan fingerprint density at radius 3 is 2.62 bits per heavy atom. The molecule has 0 aliphatic carbocycles. The molecular formula is C23H26N2O4. The lowest BCUT2D eigenvalue weighted by Gasteiger charge is -2.38. The van der Waals surface area contributed by atoms with E-state index in [0.29, 0.717) is 18.4 Å². The fourth-order valence-corrected chi connectivity index (χ4v) is 4.04. The molecule has 152 valence electrons. The van der Waals surface area contributed by atoms with Gasteiger partial charge in [0.15, 0.2) is 0 Å². The van der Waals surface area contributed by atoms with Gasteiger partial charge in [-0.2, -0.15) is 0 Å². The van der Waals surface area contributed by atoms with Crippen molar-refractivity contribution in [2.75, 3.05) is 18.6 Å². The average Bonchev–Trinajstić information content (AvgIpc) is 3.13. The van der Waals surface area contributed by atoms with Crippen LogP contribution in [0.5, 0.6) is 11.5 Å². The van der Waals surface area contributed by atoms with Crippen molar-refractivity contribution in [3.05, 3.63) is 53.6 Å². The van der Waals surface area contributed by atoms with Crippen molar-refractivity contribution in [2.45, 2.75) is 44.8 Å². The van der Waals surface area contributed by atoms with Gasteiger partial charge in [0.05, 0.1) is 13.2 Å². The van der Waals surface area contributed by atoms with Gasteiger partial charge in [-0.05, 0) is 62.7 Å². The quantitative estimate of drug-likeness (QED) is 0.855. The van der Waals surface area contributed by atoms with Crippen molar-refractivity contribution in [3.8, 4) is 11.5 Å². The van der Waals surface area contributed by atoms with E-state index in [0.717, 1.165) is 35.7 Å². The molecule has 1 fully saturated rings. The standard InChI is InChI=1S/C23H26N2O4/c1-23(2)14-19(18-13-17(28-3)10-11-20(18)29-23)24-22(27)15-6-8-16(9-7-15)25-12-4-5-21(25)26/h6-11,13,19H,4-5,12,14H2,1-3H3,(H,24,27)/t19-/m0/s1. The van der Waals surface area contributed by atoms with Crippen LogP contribution in [0.2, 0.25) is 0 Å². The van der Waals surface area contributed by atoms with Gasteiger partial charge in [0.1, 0.15) is 17.1 Å². The molecule has 6 heteroatoms. The minimum absolute atomic E-state index is 0.136. The molecular weight excluding hydrogens is 368 g/mol. The molecule has 0 spiro atoms. The molecule has 29 heavy (non-hydrogen) atoms. The molecule has 2 amide bonds. The molecule has 1 atom stereocenters. The van der Waals surface area contributed by atoms with E-state index in [9.17, 15) is 9.59 Å². The van der Waals surface area contributed by atoms with Crippen LogP contribution in [0, 0.1) is 0 Å². The molecule has 6 nitrogen and oxygen atoms in total. The van der Waals surface area contributed by atoms with Crippen molar-refractivity contribution < 1.29 is 19.1 Å². The number of nitrogens with one attached hydrogen (secondary N) is 1. The summed E-state index contributed by atoms with van der Waals surface area (Å²) in [7, 11) is 1.62. The molecule has 0 radical (unpaired) electrons. The zero-order valence-electron chi connectivity index (χ0n) is 17.0. The van der Waals surface area contributed by atoms with Crippen LogP contribution in [0.3, 0.4) is 0 Å². The van der Waals surface area contributed by atoms with Gasteiger partial charge in [0.2, 0.25) is 5.91 Å². The van der Waals surface area contributed by atoms with Gasteiger partial charge in [-0.3, -0.25) is 9.59 Å². The van der Waals surface area contributed by atoms with E-state index in [1.165, 1.54) is 0 Å². The van der Waals surface area contributed by atoms with Crippen molar-refractivity contribution in [1.82, 2.24) is 5.32 Å². The molecule has 2 aliphatic heterocycles. The molecule has 2 heterocycles. The van der Waals surface area contributed by atoms with Gasteiger partial charge < -0.3 is 19.7 Å². The summed E-state index contributed by atoms with van der Waals surface area (Å²) in [6.07, 6.45) is 2.12. The number of nitrogens with zero attached hydrogens (tertiary/aromatic N) is 1. The summed E-state index contributed by atoms with van der Waals surface area (Å²) < 4.78 is 11.4. The number of carbonyl (C=O) groups is 2. The fraction of sp³-hybridized carbons (Fsp3) is 0.391. The van der Waals surface area contributed by atoms with Crippen molar-refractivity contribution >= 4 is 17.5 Å². The number of amides is 2. The third kappa shape index (κ3) is 3.92. The number of hydrogen-bond donors (Lipinski definition) is 1. The monoisotopic (exact) mass is 394 g/mol. The van der Waals surface area contributed by atoms with Gasteiger partial charge >= 0.3 is 0 Å². The van der Waals surface area contributed by atoms with Crippen LogP contribution < -0.4 is 19.7 Å². The van der Waals surface area contributed by atoms with Crippen LogP contribution >= 0.6 is 0 Å². The number of fused-ring (bicyclic) bond motifs is 1. The first-order valence-electron chi connectivity index (χ1n) is 9.94. The number of ether oxygens (including phenoxy) is 2. The number of hydrogen-bond acceptors (Lipinski definition) is 4. The van der Waals surface area contributed by atoms with E-state index in [-0.39, 0.29) is 23.5 Å². The van der Waals surface area contributed by atoms with Gasteiger partial charge in [-0.1, -0.05) is 0 Å². The molecule has 1 N–H and O–H groups in total. The molecule has 0 saturated carbocycles. The predicted molar refractivity (Wildman–Crippen MR) is 111 cm³/mol. The molecule has 2 aliphatic rings. The zero-order valence-corrected chi connectivity index (χ0v) is 17.0. The predicted octanol–water partition coefficient (Wildman–Crippen LogP) is 3.85. The Morgan fingerprint density at radius 1 is 1.21 bits per heavy atom. The Morgan fingerprint density at radius 2 is 1.97 bits per heavy atom. The normalized spacial score (nSPS) is 20.0. The maximum absolute atomic E-state index is 12.9. The van der Waals surface area contributed by atoms with Crippen LogP contribution in [0.15, 0.2) is 42.5 Å². The Balaban J connectivity index is 1.54. The van der Waals surface area contributed by atoms with Gasteiger partial charge in [-0.15, -0.1) is 0 Å². The SMILES string of the molecule is COc1ccc2c(c1)[C@@H](NC(=O)c1ccc(N3CCCC3=O)cc1)CC(C)(C)O2. The number of methoxy groups -OCH3 is 1. The summed E-state index contributed by atoms with van der Waals surface area (Å²) in [6, 6.07) is 12.7. The molecule has 2 aromatic carbocycles. The molecule has 0 bridgehead atoms. The van der Waals surface area contributed by atoms with E-state index < -0.39 is 0 Å². The second kappa shape index (κ2) is 7.43. The number of benzene rings is 2. The third-order valence-electron chi connectivity index (χ3n) is 5.49. The highest BCUT2D eigenvalue weighted by molar-refractivity contribution is 5.97. The minimum Gasteiger partial charge on any atom is -0.497 e. The summed E-state index contributed by atoms with van der Waals surface area (Å²) in [5.41, 5.74) is 1.93. The van der Waals surface area contributed by atoms with Crippen molar-refractivity contribution in [2.24, 2.45) is 0 Å². The maximum atomic E-state index is 12.9. The van der Waals surface area contributed by atoms with Crippen LogP contribution in [0.4, 0.5) is 5.69 Å². The molecule has 2 aromatic rings. The Bertz CT molecular complexity index is 936. The van der Waals surface area contributed by atoms with Crippen LogP contribution in [0.1, 0.15) is 55.1 Å². The van der Waals surface area contributed by atoms with Crippen LogP contribution in [-0.4, -0.2) is 31.1 Å². The van der Waals surface area contributed by atoms with E-state index in [2.05, 4.69) is 5.32 Å². The highest BCUT2D eigenvalue weighted by atomic mass is 16.5. The molecule has 4 rings (SSSR count). The van der Waals surface area contributed by atoms with Crippen molar-refractivity contribution in [1.29, 1.82) is 0 Å². The lowest BCUT2D eigenvalue weighted by atomic mass is 9.89. The molecule has 0 unspecified atom stereocenters. The highest BCUT2D eigenvalue weighted by Gasteiger charge is 2.35. The maximum Gasteiger partial charge on any atom is 0.251 e. The lowest BCUT2D eigenvalue weighted by molar-refractivity contribution is -0.117. The summed E-state index contributed by atoms with van der Waals surface area (Å²) in [6.45, 7) is 4.77. The average molecular weight is 394 g/mol. The zero-order chi connectivity index (χ0) is 20.6. The second-order valence-electron chi connectivity index (χ2n) is 8.19. The smallest absolute Gasteiger partial charge is 0.251 e. The fourth-order valence-electron chi connectivity index (χ4n) is 4.04. The van der Waals surface area contributed by atoms with Crippen LogP contribution in [-0.2, 0) is 4.79 Å². The third-order valence-corrected chi connectivity index (χ3v) is 5.49. The van der Waals surface area contributed by atoms with E-state index in [1.54, 1.807) is 24.1 Å². The summed E-state index contributed by atoms with van der Waals surface area (Å²) in [4.78, 5) is 26.6. The summed E-state index contributed by atoms with van der Waals surface area (Å²) >= 11 is 0. The van der Waals surface area contributed by atoms with Crippen molar-refractivity contribution in [3.63, 3.8) is 0 Å². The number of carbonyl (C=O) groups excluding carboxylic acids is 2. The summed E-state index contributed by atoms with van der Waals surface area (Å²) in [5, 5.41) is 3.14. The largest absolute Gasteiger partial charge is 0.497 e. The summed E-state index contributed by atoms with van der Waals surface area (Å²) in [5.74, 6) is 1.47. The minimum atomic E-state index is -0.389. The first kappa shape index (κ1) is 19.3. The van der Waals surface area contributed by atoms with Gasteiger partial charge in [0.25, 0.3) is 5.91 Å². The topological polar surface area (TPSA) is 67.9 Å². The van der Waals surface area contributed by atoms with Gasteiger partial charge in [0, 0.05) is 36.2 Å². The van der Waals surface area contributed by atoms with Crippen LogP contribution in [0.25, 0.3) is 0 Å². The first-order valence-corrected chi connectivity index (χ1v) is 9.94. The number of anilines is 1. The Kier molecular flexibility index (Phi) is 4.94. The highest BCUT2D eigenvalue weighted by Crippen LogP contribution is 2.41. The molecule has 0 aromatic heterocycles.